The fourth-order valence-corrected chi connectivity index (χ4v) is 4.09. The molecule has 21 heavy (non-hydrogen) atoms. The van der Waals surface area contributed by atoms with Gasteiger partial charge in [-0.15, -0.1) is 0 Å². The summed E-state index contributed by atoms with van der Waals surface area (Å²) in [5.41, 5.74) is 0.284. The molecule has 0 aromatic heterocycles. The molecule has 2 saturated heterocycles. The summed E-state index contributed by atoms with van der Waals surface area (Å²) >= 11 is 0. The van der Waals surface area contributed by atoms with E-state index in [0.29, 0.717) is 12.0 Å². The third-order valence-electron chi connectivity index (χ3n) is 6.09. The van der Waals surface area contributed by atoms with Gasteiger partial charge in [0.1, 0.15) is 0 Å². The predicted octanol–water partition coefficient (Wildman–Crippen LogP) is 4.11. The van der Waals surface area contributed by atoms with Crippen molar-refractivity contribution in [3.05, 3.63) is 0 Å². The summed E-state index contributed by atoms with van der Waals surface area (Å²) in [6.07, 6.45) is 5.58. The normalized spacial score (nSPS) is 47.7. The number of hydrogen-bond acceptors (Lipinski definition) is 3. The lowest BCUT2D eigenvalue weighted by atomic mass is 9.71. The molecule has 0 aliphatic carbocycles. The molecule has 0 amide bonds. The highest BCUT2D eigenvalue weighted by molar-refractivity contribution is 5.04. The number of ether oxygens (including phenoxy) is 2. The largest absolute Gasteiger partial charge is 0.349 e. The zero-order valence-corrected chi connectivity index (χ0v) is 14.9. The Balaban J connectivity index is 2.17. The maximum Gasteiger partial charge on any atom is 0.174 e. The molecule has 1 N–H and O–H groups in total. The highest BCUT2D eigenvalue weighted by atomic mass is 16.7. The first-order valence-electron chi connectivity index (χ1n) is 8.88. The SMILES string of the molecule is CCCC1(C)COC2(CC(CC)NC(C)(CC)C2C)OC1. The van der Waals surface area contributed by atoms with E-state index in [-0.39, 0.29) is 16.7 Å². The fraction of sp³-hybridized carbons (Fsp3) is 1.00. The molecule has 0 aromatic rings. The van der Waals surface area contributed by atoms with Gasteiger partial charge in [0.2, 0.25) is 0 Å². The zero-order valence-electron chi connectivity index (χ0n) is 14.9. The molecular weight excluding hydrogens is 262 g/mol. The van der Waals surface area contributed by atoms with E-state index in [0.717, 1.165) is 32.5 Å². The molecule has 2 aliphatic rings. The average Bonchev–Trinajstić information content (AvgIpc) is 2.48. The van der Waals surface area contributed by atoms with Crippen LogP contribution in [0.25, 0.3) is 0 Å². The molecule has 0 saturated carbocycles. The van der Waals surface area contributed by atoms with Crippen molar-refractivity contribution in [2.75, 3.05) is 13.2 Å². The van der Waals surface area contributed by atoms with Gasteiger partial charge in [-0.3, -0.25) is 0 Å². The van der Waals surface area contributed by atoms with Crippen LogP contribution in [0.15, 0.2) is 0 Å². The molecule has 0 radical (unpaired) electrons. The van der Waals surface area contributed by atoms with Crippen LogP contribution < -0.4 is 5.32 Å². The fourth-order valence-electron chi connectivity index (χ4n) is 4.09. The van der Waals surface area contributed by atoms with Crippen LogP contribution in [0.2, 0.25) is 0 Å². The zero-order chi connectivity index (χ0) is 15.7. The molecule has 2 aliphatic heterocycles. The molecule has 3 nitrogen and oxygen atoms in total. The molecule has 2 fully saturated rings. The van der Waals surface area contributed by atoms with Gasteiger partial charge in [-0.2, -0.15) is 0 Å². The Morgan fingerprint density at radius 3 is 2.19 bits per heavy atom. The maximum atomic E-state index is 6.45. The van der Waals surface area contributed by atoms with Crippen molar-refractivity contribution in [1.82, 2.24) is 5.32 Å². The van der Waals surface area contributed by atoms with Gasteiger partial charge < -0.3 is 14.8 Å². The lowest BCUT2D eigenvalue weighted by Gasteiger charge is -2.57. The summed E-state index contributed by atoms with van der Waals surface area (Å²) in [4.78, 5) is 0. The van der Waals surface area contributed by atoms with Crippen molar-refractivity contribution in [1.29, 1.82) is 0 Å². The molecule has 1 spiro atoms. The number of rotatable bonds is 4. The topological polar surface area (TPSA) is 30.5 Å². The Kier molecular flexibility index (Phi) is 5.07. The van der Waals surface area contributed by atoms with E-state index in [2.05, 4.69) is 46.9 Å². The van der Waals surface area contributed by atoms with Gasteiger partial charge in [-0.25, -0.2) is 0 Å². The first-order valence-corrected chi connectivity index (χ1v) is 8.88. The Hall–Kier alpha value is -0.120. The van der Waals surface area contributed by atoms with Crippen LogP contribution in [-0.2, 0) is 9.47 Å². The lowest BCUT2D eigenvalue weighted by molar-refractivity contribution is -0.345. The predicted molar refractivity (Wildman–Crippen MR) is 87.3 cm³/mol. The Labute approximate surface area is 131 Å². The second-order valence-electron chi connectivity index (χ2n) is 7.90. The minimum Gasteiger partial charge on any atom is -0.349 e. The standard InChI is InChI=1S/C18H35NO2/c1-7-10-16(5)12-20-18(21-13-16)11-15(8-2)19-17(6,9-3)14(18)4/h14-15,19H,7-13H2,1-6H3. The van der Waals surface area contributed by atoms with Gasteiger partial charge in [0.25, 0.3) is 0 Å². The average molecular weight is 297 g/mol. The van der Waals surface area contributed by atoms with Gasteiger partial charge in [0, 0.05) is 29.3 Å². The second kappa shape index (κ2) is 6.17. The van der Waals surface area contributed by atoms with Crippen molar-refractivity contribution in [3.63, 3.8) is 0 Å². The third-order valence-corrected chi connectivity index (χ3v) is 6.09. The number of hydrogen-bond donors (Lipinski definition) is 1. The van der Waals surface area contributed by atoms with Crippen molar-refractivity contribution < 1.29 is 9.47 Å². The van der Waals surface area contributed by atoms with Gasteiger partial charge in [0.15, 0.2) is 5.79 Å². The molecule has 124 valence electrons. The van der Waals surface area contributed by atoms with Crippen LogP contribution in [0.4, 0.5) is 0 Å². The summed E-state index contributed by atoms with van der Waals surface area (Å²) in [6.45, 7) is 15.3. The molecule has 0 bridgehead atoms. The molecule has 0 aromatic carbocycles. The minimum absolute atomic E-state index is 0.0947. The van der Waals surface area contributed by atoms with E-state index in [1.807, 2.05) is 0 Å². The van der Waals surface area contributed by atoms with Crippen LogP contribution in [-0.4, -0.2) is 30.6 Å². The molecule has 2 heterocycles. The van der Waals surface area contributed by atoms with Crippen LogP contribution in [0, 0.1) is 11.3 Å². The van der Waals surface area contributed by atoms with Gasteiger partial charge in [-0.1, -0.05) is 41.0 Å². The summed E-state index contributed by atoms with van der Waals surface area (Å²) in [5, 5.41) is 3.84. The van der Waals surface area contributed by atoms with Crippen LogP contribution in [0.1, 0.15) is 73.6 Å². The summed E-state index contributed by atoms with van der Waals surface area (Å²) in [7, 11) is 0. The van der Waals surface area contributed by atoms with E-state index < -0.39 is 0 Å². The second-order valence-corrected chi connectivity index (χ2v) is 7.90. The lowest BCUT2D eigenvalue weighted by Crippen LogP contribution is -2.69. The molecule has 3 unspecified atom stereocenters. The van der Waals surface area contributed by atoms with Gasteiger partial charge in [0.05, 0.1) is 13.2 Å². The molecular formula is C18H35NO2. The van der Waals surface area contributed by atoms with Gasteiger partial charge >= 0.3 is 0 Å². The van der Waals surface area contributed by atoms with E-state index >= 15 is 0 Å². The number of nitrogens with one attached hydrogen (secondary N) is 1. The maximum absolute atomic E-state index is 6.45. The minimum atomic E-state index is -0.385. The van der Waals surface area contributed by atoms with Crippen molar-refractivity contribution >= 4 is 0 Å². The first-order chi connectivity index (χ1) is 9.83. The van der Waals surface area contributed by atoms with Gasteiger partial charge in [-0.05, 0) is 26.2 Å². The quantitative estimate of drug-likeness (QED) is 0.847. The van der Waals surface area contributed by atoms with Crippen LogP contribution >= 0.6 is 0 Å². The Morgan fingerprint density at radius 1 is 1.10 bits per heavy atom. The van der Waals surface area contributed by atoms with Crippen molar-refractivity contribution in [2.45, 2.75) is 91.0 Å². The van der Waals surface area contributed by atoms with Crippen molar-refractivity contribution in [2.24, 2.45) is 11.3 Å². The highest BCUT2D eigenvalue weighted by Crippen LogP contribution is 2.46. The Bertz CT molecular complexity index is 349. The van der Waals surface area contributed by atoms with E-state index in [9.17, 15) is 0 Å². The monoisotopic (exact) mass is 297 g/mol. The van der Waals surface area contributed by atoms with Crippen molar-refractivity contribution in [3.8, 4) is 0 Å². The van der Waals surface area contributed by atoms with E-state index in [1.54, 1.807) is 0 Å². The highest BCUT2D eigenvalue weighted by Gasteiger charge is 2.55. The molecule has 3 atom stereocenters. The van der Waals surface area contributed by atoms with Crippen LogP contribution in [0.5, 0.6) is 0 Å². The Morgan fingerprint density at radius 2 is 1.71 bits per heavy atom. The third kappa shape index (κ3) is 3.16. The van der Waals surface area contributed by atoms with Crippen LogP contribution in [0.3, 0.4) is 0 Å². The summed E-state index contributed by atoms with van der Waals surface area (Å²) in [6, 6.07) is 0.488. The van der Waals surface area contributed by atoms with E-state index in [4.69, 9.17) is 9.47 Å². The number of piperidine rings is 1. The smallest absolute Gasteiger partial charge is 0.174 e. The first kappa shape index (κ1) is 17.2. The molecule has 2 rings (SSSR count). The summed E-state index contributed by atoms with van der Waals surface area (Å²) in [5.74, 6) is -0.0202. The van der Waals surface area contributed by atoms with E-state index in [1.165, 1.54) is 12.8 Å². The summed E-state index contributed by atoms with van der Waals surface area (Å²) < 4.78 is 12.9. The molecule has 3 heteroatoms.